The minimum Gasteiger partial charge on any atom is -0.494 e. The molecule has 1 unspecified atom stereocenters. The molecule has 0 saturated heterocycles. The molecule has 0 amide bonds. The van der Waals surface area contributed by atoms with E-state index >= 15 is 0 Å². The minimum absolute atomic E-state index is 0.147. The zero-order chi connectivity index (χ0) is 16.4. The number of para-hydroxylation sites is 1. The topological polar surface area (TPSA) is 44.2 Å². The Kier molecular flexibility index (Phi) is 4.03. The average Bonchev–Trinajstić information content (AvgIpc) is 2.62. The summed E-state index contributed by atoms with van der Waals surface area (Å²) in [5, 5.41) is 0.970. The van der Waals surface area contributed by atoms with E-state index < -0.39 is 0 Å². The van der Waals surface area contributed by atoms with E-state index in [1.165, 1.54) is 11.1 Å². The van der Waals surface area contributed by atoms with E-state index in [4.69, 9.17) is 9.47 Å². The van der Waals surface area contributed by atoms with Gasteiger partial charge in [0.15, 0.2) is 0 Å². The van der Waals surface area contributed by atoms with Crippen LogP contribution in [0.3, 0.4) is 0 Å². The Morgan fingerprint density at radius 1 is 1.08 bits per heavy atom. The summed E-state index contributed by atoms with van der Waals surface area (Å²) in [6.45, 7) is 2.71. The molecule has 0 radical (unpaired) electrons. The summed E-state index contributed by atoms with van der Waals surface area (Å²) in [5.74, 6) is 1.64. The summed E-state index contributed by atoms with van der Waals surface area (Å²) >= 11 is 0. The number of nitrogens with zero attached hydrogens (tertiary/aromatic N) is 2. The Hall–Kier alpha value is -2.62. The van der Waals surface area contributed by atoms with Crippen LogP contribution in [0.4, 0.5) is 0 Å². The number of hydrogen-bond acceptors (Lipinski definition) is 4. The van der Waals surface area contributed by atoms with Gasteiger partial charge in [0.25, 0.3) is 0 Å². The summed E-state index contributed by atoms with van der Waals surface area (Å²) in [5.41, 5.74) is 3.63. The molecular weight excluding hydrogens is 300 g/mol. The highest BCUT2D eigenvalue weighted by atomic mass is 16.5. The van der Waals surface area contributed by atoms with Gasteiger partial charge in [0.2, 0.25) is 5.88 Å². The summed E-state index contributed by atoms with van der Waals surface area (Å²) in [4.78, 5) is 8.64. The zero-order valence-electron chi connectivity index (χ0n) is 13.7. The lowest BCUT2D eigenvalue weighted by molar-refractivity contribution is 0.179. The van der Waals surface area contributed by atoms with Crippen molar-refractivity contribution in [2.24, 2.45) is 0 Å². The van der Waals surface area contributed by atoms with Crippen LogP contribution in [-0.2, 0) is 12.8 Å². The molecule has 0 aliphatic heterocycles. The van der Waals surface area contributed by atoms with Crippen molar-refractivity contribution < 1.29 is 9.47 Å². The van der Waals surface area contributed by atoms with Crippen LogP contribution < -0.4 is 9.47 Å². The number of aryl methyl sites for hydroxylation is 1. The van der Waals surface area contributed by atoms with Crippen molar-refractivity contribution in [2.75, 3.05) is 6.61 Å². The predicted molar refractivity (Wildman–Crippen MR) is 93.6 cm³/mol. The van der Waals surface area contributed by atoms with Crippen LogP contribution >= 0.6 is 0 Å². The standard InChI is InChI=1S/C20H20N2O2/c1-2-23-16-9-7-15-12-17(10-8-14(15)11-16)24-20-18-5-3-4-6-19(18)21-13-22-20/h3-7,9,11,13,17H,2,8,10,12H2,1H3. The van der Waals surface area contributed by atoms with Crippen LogP contribution in [0.2, 0.25) is 0 Å². The average molecular weight is 320 g/mol. The molecule has 0 bridgehead atoms. The fourth-order valence-electron chi connectivity index (χ4n) is 3.29. The maximum atomic E-state index is 6.22. The lowest BCUT2D eigenvalue weighted by Crippen LogP contribution is -2.25. The van der Waals surface area contributed by atoms with Crippen LogP contribution in [0.15, 0.2) is 48.8 Å². The van der Waals surface area contributed by atoms with Crippen LogP contribution in [0.25, 0.3) is 10.9 Å². The Bertz CT molecular complexity index is 858. The van der Waals surface area contributed by atoms with Gasteiger partial charge in [-0.2, -0.15) is 0 Å². The quantitative estimate of drug-likeness (QED) is 0.730. The Morgan fingerprint density at radius 3 is 2.92 bits per heavy atom. The van der Waals surface area contributed by atoms with Gasteiger partial charge in [-0.3, -0.25) is 0 Å². The van der Waals surface area contributed by atoms with Gasteiger partial charge in [-0.05, 0) is 55.2 Å². The molecule has 122 valence electrons. The zero-order valence-corrected chi connectivity index (χ0v) is 13.7. The molecule has 0 N–H and O–H groups in total. The van der Waals surface area contributed by atoms with Crippen LogP contribution in [0.5, 0.6) is 11.6 Å². The Balaban J connectivity index is 1.54. The lowest BCUT2D eigenvalue weighted by Gasteiger charge is -2.25. The SMILES string of the molecule is CCOc1ccc2c(c1)CCC(Oc1ncnc3ccccc13)C2. The third kappa shape index (κ3) is 2.92. The van der Waals surface area contributed by atoms with E-state index in [0.717, 1.165) is 35.9 Å². The van der Waals surface area contributed by atoms with Gasteiger partial charge in [0.05, 0.1) is 17.5 Å². The number of rotatable bonds is 4. The summed E-state index contributed by atoms with van der Waals surface area (Å²) in [7, 11) is 0. The molecular formula is C20H20N2O2. The summed E-state index contributed by atoms with van der Waals surface area (Å²) < 4.78 is 11.8. The minimum atomic E-state index is 0.147. The van der Waals surface area contributed by atoms with Gasteiger partial charge in [-0.1, -0.05) is 18.2 Å². The first-order valence-corrected chi connectivity index (χ1v) is 8.44. The summed E-state index contributed by atoms with van der Waals surface area (Å²) in [6.07, 6.45) is 4.61. The van der Waals surface area contributed by atoms with Crippen molar-refractivity contribution in [3.05, 3.63) is 59.9 Å². The number of fused-ring (bicyclic) bond motifs is 2. The van der Waals surface area contributed by atoms with Crippen LogP contribution in [-0.4, -0.2) is 22.7 Å². The fraction of sp³-hybridized carbons (Fsp3) is 0.300. The molecule has 4 rings (SSSR count). The third-order valence-corrected chi connectivity index (χ3v) is 4.46. The molecule has 3 aromatic rings. The molecule has 4 nitrogen and oxygen atoms in total. The highest BCUT2D eigenvalue weighted by Gasteiger charge is 2.21. The molecule has 1 heterocycles. The maximum absolute atomic E-state index is 6.22. The Morgan fingerprint density at radius 2 is 2.00 bits per heavy atom. The molecule has 1 aromatic heterocycles. The van der Waals surface area contributed by atoms with E-state index in [9.17, 15) is 0 Å². The molecule has 0 saturated carbocycles. The smallest absolute Gasteiger partial charge is 0.224 e. The molecule has 1 aliphatic rings. The number of ether oxygens (including phenoxy) is 2. The second-order valence-electron chi connectivity index (χ2n) is 6.04. The van der Waals surface area contributed by atoms with E-state index in [-0.39, 0.29) is 6.10 Å². The second-order valence-corrected chi connectivity index (χ2v) is 6.04. The summed E-state index contributed by atoms with van der Waals surface area (Å²) in [6, 6.07) is 14.3. The Labute approximate surface area is 141 Å². The van der Waals surface area contributed by atoms with E-state index in [1.54, 1.807) is 6.33 Å². The highest BCUT2D eigenvalue weighted by Crippen LogP contribution is 2.29. The fourth-order valence-corrected chi connectivity index (χ4v) is 3.29. The van der Waals surface area contributed by atoms with E-state index in [1.807, 2.05) is 37.3 Å². The van der Waals surface area contributed by atoms with Gasteiger partial charge in [-0.15, -0.1) is 0 Å². The third-order valence-electron chi connectivity index (χ3n) is 4.46. The van der Waals surface area contributed by atoms with E-state index in [0.29, 0.717) is 12.5 Å². The van der Waals surface area contributed by atoms with Crippen molar-refractivity contribution in [1.82, 2.24) is 9.97 Å². The maximum Gasteiger partial charge on any atom is 0.224 e. The largest absolute Gasteiger partial charge is 0.494 e. The second kappa shape index (κ2) is 6.48. The van der Waals surface area contributed by atoms with Crippen molar-refractivity contribution in [3.63, 3.8) is 0 Å². The first-order valence-electron chi connectivity index (χ1n) is 8.44. The van der Waals surface area contributed by atoms with Gasteiger partial charge in [0, 0.05) is 6.42 Å². The van der Waals surface area contributed by atoms with Gasteiger partial charge in [-0.25, -0.2) is 9.97 Å². The highest BCUT2D eigenvalue weighted by molar-refractivity contribution is 5.82. The number of aromatic nitrogens is 2. The molecule has 2 aromatic carbocycles. The van der Waals surface area contributed by atoms with Crippen molar-refractivity contribution in [2.45, 2.75) is 32.3 Å². The molecule has 1 atom stereocenters. The predicted octanol–water partition coefficient (Wildman–Crippen LogP) is 3.96. The molecule has 4 heteroatoms. The lowest BCUT2D eigenvalue weighted by atomic mass is 9.89. The molecule has 1 aliphatic carbocycles. The van der Waals surface area contributed by atoms with Crippen LogP contribution in [0.1, 0.15) is 24.5 Å². The van der Waals surface area contributed by atoms with Crippen molar-refractivity contribution in [1.29, 1.82) is 0 Å². The first kappa shape index (κ1) is 14.9. The molecule has 0 fully saturated rings. The van der Waals surface area contributed by atoms with E-state index in [2.05, 4.69) is 22.1 Å². The normalized spacial score (nSPS) is 16.6. The number of hydrogen-bond donors (Lipinski definition) is 0. The van der Waals surface area contributed by atoms with Crippen molar-refractivity contribution >= 4 is 10.9 Å². The first-order chi connectivity index (χ1) is 11.8. The monoisotopic (exact) mass is 320 g/mol. The van der Waals surface area contributed by atoms with Gasteiger partial charge < -0.3 is 9.47 Å². The van der Waals surface area contributed by atoms with Crippen LogP contribution in [0, 0.1) is 0 Å². The molecule has 24 heavy (non-hydrogen) atoms. The van der Waals surface area contributed by atoms with Gasteiger partial charge in [0.1, 0.15) is 18.2 Å². The van der Waals surface area contributed by atoms with Gasteiger partial charge >= 0.3 is 0 Å². The molecule has 0 spiro atoms. The van der Waals surface area contributed by atoms with Crippen molar-refractivity contribution in [3.8, 4) is 11.6 Å². The number of benzene rings is 2.